The molecule has 0 spiro atoms. The zero-order chi connectivity index (χ0) is 22.3. The van der Waals surface area contributed by atoms with Crippen LogP contribution in [0.1, 0.15) is 16.8 Å². The summed E-state index contributed by atoms with van der Waals surface area (Å²) in [4.78, 5) is 30.4. The van der Waals surface area contributed by atoms with Crippen LogP contribution in [0.5, 0.6) is 0 Å². The van der Waals surface area contributed by atoms with Crippen molar-refractivity contribution < 1.29 is 23.1 Å². The fourth-order valence-electron chi connectivity index (χ4n) is 3.93. The number of carboxylic acid groups (broad SMARTS) is 1. The predicted octanol–water partition coefficient (Wildman–Crippen LogP) is 2.55. The van der Waals surface area contributed by atoms with Crippen molar-refractivity contribution in [3.8, 4) is 5.69 Å². The van der Waals surface area contributed by atoms with Gasteiger partial charge < -0.3 is 15.3 Å². The molecule has 31 heavy (non-hydrogen) atoms. The van der Waals surface area contributed by atoms with E-state index in [1.54, 1.807) is 0 Å². The van der Waals surface area contributed by atoms with Gasteiger partial charge in [0.25, 0.3) is 0 Å². The lowest BCUT2D eigenvalue weighted by molar-refractivity contribution is 0.0695. The zero-order valence-electron chi connectivity index (χ0n) is 16.5. The summed E-state index contributed by atoms with van der Waals surface area (Å²) in [7, 11) is 1.84. The predicted molar refractivity (Wildman–Crippen MR) is 108 cm³/mol. The fraction of sp³-hybridized carbons (Fsp3) is 0.286. The van der Waals surface area contributed by atoms with Crippen LogP contribution in [0.4, 0.5) is 19.0 Å². The summed E-state index contributed by atoms with van der Waals surface area (Å²) in [6.07, 6.45) is 1.74. The molecule has 1 fully saturated rings. The van der Waals surface area contributed by atoms with Crippen molar-refractivity contribution in [2.24, 2.45) is 5.92 Å². The van der Waals surface area contributed by atoms with Gasteiger partial charge in [-0.1, -0.05) is 0 Å². The van der Waals surface area contributed by atoms with E-state index in [0.717, 1.165) is 41.9 Å². The van der Waals surface area contributed by atoms with Crippen LogP contribution in [-0.4, -0.2) is 47.3 Å². The second-order valence-corrected chi connectivity index (χ2v) is 7.46. The number of nitrogens with one attached hydrogen (secondary N) is 1. The Morgan fingerprint density at radius 1 is 1.26 bits per heavy atom. The summed E-state index contributed by atoms with van der Waals surface area (Å²) < 4.78 is 44.0. The summed E-state index contributed by atoms with van der Waals surface area (Å²) in [6.45, 7) is 2.01. The van der Waals surface area contributed by atoms with Crippen molar-refractivity contribution in [3.63, 3.8) is 0 Å². The number of carbonyl (C=O) groups is 1. The average Bonchev–Trinajstić information content (AvgIpc) is 3.17. The molecular weight excluding hydrogens is 413 g/mol. The number of aromatic carboxylic acids is 1. The van der Waals surface area contributed by atoms with E-state index < -0.39 is 39.8 Å². The Kier molecular flexibility index (Phi) is 5.40. The molecule has 2 N–H and O–H groups in total. The second-order valence-electron chi connectivity index (χ2n) is 7.46. The summed E-state index contributed by atoms with van der Waals surface area (Å²) in [6, 6.07) is 3.75. The smallest absolute Gasteiger partial charge is 0.341 e. The van der Waals surface area contributed by atoms with Crippen LogP contribution in [0.3, 0.4) is 0 Å². The van der Waals surface area contributed by atoms with Gasteiger partial charge in [0.2, 0.25) is 5.43 Å². The number of carboxylic acids is 1. The first-order valence-electron chi connectivity index (χ1n) is 9.64. The molecule has 1 aromatic carbocycles. The first-order valence-corrected chi connectivity index (χ1v) is 9.64. The number of rotatable bonds is 5. The monoisotopic (exact) mass is 432 g/mol. The molecule has 0 radical (unpaired) electrons. The van der Waals surface area contributed by atoms with Crippen LogP contribution >= 0.6 is 0 Å². The van der Waals surface area contributed by atoms with Gasteiger partial charge in [0.05, 0.1) is 5.69 Å². The van der Waals surface area contributed by atoms with E-state index in [-0.39, 0.29) is 17.2 Å². The molecule has 7 nitrogen and oxygen atoms in total. The molecule has 10 heteroatoms. The Hall–Kier alpha value is -3.40. The van der Waals surface area contributed by atoms with Crippen molar-refractivity contribution in [2.75, 3.05) is 31.6 Å². The van der Waals surface area contributed by atoms with Gasteiger partial charge in [0.15, 0.2) is 5.65 Å². The lowest BCUT2D eigenvalue weighted by Crippen LogP contribution is -2.26. The van der Waals surface area contributed by atoms with Crippen molar-refractivity contribution in [2.45, 2.75) is 6.42 Å². The number of hydrogen-bond acceptors (Lipinski definition) is 5. The minimum Gasteiger partial charge on any atom is -0.477 e. The highest BCUT2D eigenvalue weighted by atomic mass is 19.1. The van der Waals surface area contributed by atoms with Gasteiger partial charge in [0.1, 0.15) is 34.2 Å². The molecule has 0 bridgehead atoms. The Morgan fingerprint density at radius 3 is 2.71 bits per heavy atom. The number of aromatic nitrogens is 2. The Bertz CT molecular complexity index is 1240. The largest absolute Gasteiger partial charge is 0.477 e. The number of fused-ring (bicyclic) bond motifs is 1. The topological polar surface area (TPSA) is 87.5 Å². The molecule has 162 valence electrons. The molecule has 0 aliphatic carbocycles. The van der Waals surface area contributed by atoms with E-state index in [2.05, 4.69) is 10.3 Å². The summed E-state index contributed by atoms with van der Waals surface area (Å²) >= 11 is 0. The number of pyridine rings is 2. The lowest BCUT2D eigenvalue weighted by Gasteiger charge is -2.20. The van der Waals surface area contributed by atoms with E-state index in [1.807, 2.05) is 11.9 Å². The number of hydrogen-bond donors (Lipinski definition) is 2. The van der Waals surface area contributed by atoms with Crippen molar-refractivity contribution >= 4 is 22.8 Å². The van der Waals surface area contributed by atoms with Crippen LogP contribution < -0.4 is 15.6 Å². The van der Waals surface area contributed by atoms with Crippen molar-refractivity contribution in [1.29, 1.82) is 0 Å². The molecule has 1 saturated heterocycles. The summed E-state index contributed by atoms with van der Waals surface area (Å²) in [5, 5.41) is 11.9. The van der Waals surface area contributed by atoms with E-state index >= 15 is 4.39 Å². The van der Waals surface area contributed by atoms with Crippen molar-refractivity contribution in [3.05, 3.63) is 63.7 Å². The number of nitrogens with zero attached hydrogens (tertiary/aromatic N) is 3. The van der Waals surface area contributed by atoms with E-state index in [0.29, 0.717) is 25.1 Å². The number of benzene rings is 1. The Balaban J connectivity index is 1.96. The Labute approximate surface area is 174 Å². The molecule has 3 aromatic rings. The Morgan fingerprint density at radius 2 is 2.03 bits per heavy atom. The summed E-state index contributed by atoms with van der Waals surface area (Å²) in [5.74, 6) is -3.82. The maximum absolute atomic E-state index is 15.1. The number of anilines is 1. The van der Waals surface area contributed by atoms with Crippen LogP contribution in [-0.2, 0) is 0 Å². The molecular formula is C21H19F3N4O3. The molecule has 0 amide bonds. The van der Waals surface area contributed by atoms with E-state index in [1.165, 1.54) is 0 Å². The van der Waals surface area contributed by atoms with E-state index in [4.69, 9.17) is 0 Å². The first-order chi connectivity index (χ1) is 14.8. The SMILES string of the molecule is CNCC1CCN(c2cc(F)c3c(=O)c(C(=O)O)cn(-c4ccc(F)cc4F)c3n2)C1. The normalized spacial score (nSPS) is 16.3. The van der Waals surface area contributed by atoms with Gasteiger partial charge >= 0.3 is 5.97 Å². The van der Waals surface area contributed by atoms with Crippen LogP contribution in [0.15, 0.2) is 35.3 Å². The van der Waals surface area contributed by atoms with E-state index in [9.17, 15) is 23.5 Å². The molecule has 3 heterocycles. The molecule has 1 atom stereocenters. The lowest BCUT2D eigenvalue weighted by atomic mass is 10.1. The minimum atomic E-state index is -1.60. The van der Waals surface area contributed by atoms with Gasteiger partial charge in [-0.15, -0.1) is 0 Å². The molecule has 1 aliphatic heterocycles. The average molecular weight is 432 g/mol. The van der Waals surface area contributed by atoms with Gasteiger partial charge in [0, 0.05) is 31.4 Å². The van der Waals surface area contributed by atoms with Gasteiger partial charge in [-0.25, -0.2) is 22.9 Å². The standard InChI is InChI=1S/C21H19F3N4O3/c1-25-8-11-4-5-27(9-11)17-7-15(24)18-19(29)13(21(30)31)10-28(20(18)26-17)16-3-2-12(22)6-14(16)23/h2-3,6-7,10-11,25H,4-5,8-9H2,1H3,(H,30,31). The third-order valence-corrected chi connectivity index (χ3v) is 5.40. The first kappa shape index (κ1) is 20.9. The maximum Gasteiger partial charge on any atom is 0.341 e. The van der Waals surface area contributed by atoms with Gasteiger partial charge in [-0.2, -0.15) is 0 Å². The van der Waals surface area contributed by atoms with Gasteiger partial charge in [-0.3, -0.25) is 9.36 Å². The molecule has 0 saturated carbocycles. The zero-order valence-corrected chi connectivity index (χ0v) is 16.5. The van der Waals surface area contributed by atoms with Gasteiger partial charge in [-0.05, 0) is 38.1 Å². The highest BCUT2D eigenvalue weighted by molar-refractivity contribution is 5.92. The fourth-order valence-corrected chi connectivity index (χ4v) is 3.93. The second kappa shape index (κ2) is 8.03. The molecule has 4 rings (SSSR count). The minimum absolute atomic E-state index is 0.243. The third-order valence-electron chi connectivity index (χ3n) is 5.40. The maximum atomic E-state index is 15.1. The number of halogens is 3. The van der Waals surface area contributed by atoms with Crippen molar-refractivity contribution in [1.82, 2.24) is 14.9 Å². The molecule has 1 aliphatic rings. The van der Waals surface area contributed by atoms with Crippen LogP contribution in [0.25, 0.3) is 16.7 Å². The van der Waals surface area contributed by atoms with Crippen LogP contribution in [0, 0.1) is 23.4 Å². The molecule has 1 unspecified atom stereocenters. The van der Waals surface area contributed by atoms with Crippen LogP contribution in [0.2, 0.25) is 0 Å². The molecule has 2 aromatic heterocycles. The third kappa shape index (κ3) is 3.74. The summed E-state index contributed by atoms with van der Waals surface area (Å²) in [5.41, 5.74) is -2.31. The highest BCUT2D eigenvalue weighted by Gasteiger charge is 2.26. The highest BCUT2D eigenvalue weighted by Crippen LogP contribution is 2.27. The quantitative estimate of drug-likeness (QED) is 0.645.